The lowest BCUT2D eigenvalue weighted by Gasteiger charge is -2.17. The van der Waals surface area contributed by atoms with Crippen molar-refractivity contribution in [1.29, 1.82) is 0 Å². The standard InChI is InChI=1S/C19H22ClFN2O5S2/c1-22(12-15-7-10-17(20)29-15)18(24)13-28-19(25)4-3-11-23(2)30(26,27)16-8-5-14(21)6-9-16/h5-10H,3-4,11-13H2,1-2H3. The third-order valence-corrected chi connectivity index (χ3v) is 7.27. The number of hydrogen-bond acceptors (Lipinski definition) is 6. The van der Waals surface area contributed by atoms with Crippen LogP contribution in [0.3, 0.4) is 0 Å². The smallest absolute Gasteiger partial charge is 0.306 e. The first-order chi connectivity index (χ1) is 14.1. The van der Waals surface area contributed by atoms with Gasteiger partial charge in [0.25, 0.3) is 5.91 Å². The predicted molar refractivity (Wildman–Crippen MR) is 112 cm³/mol. The number of rotatable bonds is 10. The van der Waals surface area contributed by atoms with Crippen molar-refractivity contribution in [2.75, 3.05) is 27.2 Å². The summed E-state index contributed by atoms with van der Waals surface area (Å²) in [6, 6.07) is 8.06. The molecule has 0 aliphatic carbocycles. The number of hydrogen-bond donors (Lipinski definition) is 0. The molecule has 0 aliphatic heterocycles. The van der Waals surface area contributed by atoms with Gasteiger partial charge in [-0.05, 0) is 42.8 Å². The summed E-state index contributed by atoms with van der Waals surface area (Å²) in [7, 11) is -0.803. The van der Waals surface area contributed by atoms with Crippen LogP contribution in [0, 0.1) is 5.82 Å². The van der Waals surface area contributed by atoms with Crippen molar-refractivity contribution in [3.8, 4) is 0 Å². The molecule has 0 aliphatic rings. The summed E-state index contributed by atoms with van der Waals surface area (Å²) in [6.45, 7) is 0.0414. The number of carbonyl (C=O) groups excluding carboxylic acids is 2. The van der Waals surface area contributed by atoms with E-state index < -0.39 is 28.4 Å². The summed E-state index contributed by atoms with van der Waals surface area (Å²) in [4.78, 5) is 26.2. The van der Waals surface area contributed by atoms with Crippen molar-refractivity contribution in [2.45, 2.75) is 24.3 Å². The maximum absolute atomic E-state index is 13.0. The Balaban J connectivity index is 1.72. The lowest BCUT2D eigenvalue weighted by Crippen LogP contribution is -2.31. The van der Waals surface area contributed by atoms with E-state index in [-0.39, 0.29) is 30.2 Å². The van der Waals surface area contributed by atoms with E-state index >= 15 is 0 Å². The van der Waals surface area contributed by atoms with Gasteiger partial charge in [0, 0.05) is 31.9 Å². The molecule has 1 aromatic carbocycles. The van der Waals surface area contributed by atoms with Crippen LogP contribution in [0.15, 0.2) is 41.3 Å². The van der Waals surface area contributed by atoms with Crippen LogP contribution < -0.4 is 0 Å². The fraction of sp³-hybridized carbons (Fsp3) is 0.368. The molecule has 2 rings (SSSR count). The Hall–Kier alpha value is -2.01. The Labute approximate surface area is 184 Å². The molecule has 164 valence electrons. The molecule has 30 heavy (non-hydrogen) atoms. The van der Waals surface area contributed by atoms with Crippen molar-refractivity contribution in [3.05, 3.63) is 51.4 Å². The number of halogens is 2. The van der Waals surface area contributed by atoms with Crippen molar-refractivity contribution in [1.82, 2.24) is 9.21 Å². The minimum Gasteiger partial charge on any atom is -0.456 e. The minimum absolute atomic E-state index is 0.0327. The summed E-state index contributed by atoms with van der Waals surface area (Å²) in [6.07, 6.45) is 0.175. The molecule has 0 radical (unpaired) electrons. The average molecular weight is 477 g/mol. The number of amides is 1. The monoisotopic (exact) mass is 476 g/mol. The molecule has 0 fully saturated rings. The van der Waals surface area contributed by atoms with Crippen LogP contribution in [0.25, 0.3) is 0 Å². The fourth-order valence-corrected chi connectivity index (χ4v) is 4.79. The van der Waals surface area contributed by atoms with Crippen LogP contribution >= 0.6 is 22.9 Å². The number of carbonyl (C=O) groups is 2. The Morgan fingerprint density at radius 2 is 1.80 bits per heavy atom. The first-order valence-electron chi connectivity index (χ1n) is 8.95. The predicted octanol–water partition coefficient (Wildman–Crippen LogP) is 3.14. The normalized spacial score (nSPS) is 11.5. The number of nitrogens with zero attached hydrogens (tertiary/aromatic N) is 2. The van der Waals surface area contributed by atoms with Gasteiger partial charge in [-0.15, -0.1) is 11.3 Å². The molecule has 0 bridgehead atoms. The molecule has 0 N–H and O–H groups in total. The number of likely N-dealkylation sites (N-methyl/N-ethyl adjacent to an activating group) is 1. The second-order valence-electron chi connectivity index (χ2n) is 6.50. The van der Waals surface area contributed by atoms with Crippen molar-refractivity contribution in [3.63, 3.8) is 0 Å². The second kappa shape index (κ2) is 10.9. The van der Waals surface area contributed by atoms with Crippen LogP contribution in [-0.4, -0.2) is 56.7 Å². The molecular weight excluding hydrogens is 455 g/mol. The van der Waals surface area contributed by atoms with Crippen molar-refractivity contribution in [2.24, 2.45) is 0 Å². The maximum Gasteiger partial charge on any atom is 0.306 e. The molecule has 2 aromatic rings. The highest BCUT2D eigenvalue weighted by molar-refractivity contribution is 7.89. The largest absolute Gasteiger partial charge is 0.456 e. The zero-order chi connectivity index (χ0) is 22.3. The number of sulfonamides is 1. The second-order valence-corrected chi connectivity index (χ2v) is 10.3. The highest BCUT2D eigenvalue weighted by atomic mass is 35.5. The third-order valence-electron chi connectivity index (χ3n) is 4.18. The van der Waals surface area contributed by atoms with Crippen LogP contribution in [-0.2, 0) is 30.9 Å². The van der Waals surface area contributed by atoms with Gasteiger partial charge in [0.2, 0.25) is 10.0 Å². The molecule has 0 atom stereocenters. The van der Waals surface area contributed by atoms with Gasteiger partial charge < -0.3 is 9.64 Å². The molecule has 0 saturated carbocycles. The zero-order valence-corrected chi connectivity index (χ0v) is 18.9. The van der Waals surface area contributed by atoms with Crippen molar-refractivity contribution >= 4 is 44.8 Å². The summed E-state index contributed by atoms with van der Waals surface area (Å²) < 4.78 is 44.4. The maximum atomic E-state index is 13.0. The van der Waals surface area contributed by atoms with Gasteiger partial charge in [-0.25, -0.2) is 17.1 Å². The van der Waals surface area contributed by atoms with Crippen LogP contribution in [0.2, 0.25) is 4.34 Å². The van der Waals surface area contributed by atoms with Gasteiger partial charge in [-0.3, -0.25) is 9.59 Å². The van der Waals surface area contributed by atoms with E-state index in [2.05, 4.69) is 0 Å². The molecule has 0 unspecified atom stereocenters. The van der Waals surface area contributed by atoms with Gasteiger partial charge in [0.1, 0.15) is 5.82 Å². The molecular formula is C19H22ClFN2O5S2. The van der Waals surface area contributed by atoms with Gasteiger partial charge in [0.15, 0.2) is 6.61 Å². The van der Waals surface area contributed by atoms with Crippen LogP contribution in [0.5, 0.6) is 0 Å². The Morgan fingerprint density at radius 1 is 1.13 bits per heavy atom. The van der Waals surface area contributed by atoms with Crippen LogP contribution in [0.4, 0.5) is 4.39 Å². The van der Waals surface area contributed by atoms with Crippen molar-refractivity contribution < 1.29 is 27.1 Å². The molecule has 7 nitrogen and oxygen atoms in total. The summed E-state index contributed by atoms with van der Waals surface area (Å²) in [5.74, 6) is -1.48. The first kappa shape index (κ1) is 24.3. The number of benzene rings is 1. The molecule has 1 aromatic heterocycles. The molecule has 1 amide bonds. The number of esters is 1. The van der Waals surface area contributed by atoms with Gasteiger partial charge >= 0.3 is 5.97 Å². The van der Waals surface area contributed by atoms with E-state index in [1.165, 1.54) is 35.4 Å². The zero-order valence-electron chi connectivity index (χ0n) is 16.5. The number of thiophene rings is 1. The van der Waals surface area contributed by atoms with Gasteiger partial charge in [-0.2, -0.15) is 0 Å². The number of ether oxygens (including phenoxy) is 1. The summed E-state index contributed by atoms with van der Waals surface area (Å²) >= 11 is 7.22. The van der Waals surface area contributed by atoms with E-state index in [0.29, 0.717) is 10.9 Å². The molecule has 1 heterocycles. The fourth-order valence-electron chi connectivity index (χ4n) is 2.44. The lowest BCUT2D eigenvalue weighted by molar-refractivity contribution is -0.151. The van der Waals surface area contributed by atoms with E-state index in [1.54, 1.807) is 13.1 Å². The van der Waals surface area contributed by atoms with Crippen LogP contribution in [0.1, 0.15) is 17.7 Å². The Bertz CT molecular complexity index is 979. The van der Waals surface area contributed by atoms with E-state index in [0.717, 1.165) is 21.3 Å². The minimum atomic E-state index is -3.77. The van der Waals surface area contributed by atoms with E-state index in [1.807, 2.05) is 6.07 Å². The Morgan fingerprint density at radius 3 is 2.40 bits per heavy atom. The van der Waals surface area contributed by atoms with E-state index in [9.17, 15) is 22.4 Å². The van der Waals surface area contributed by atoms with Gasteiger partial charge in [-0.1, -0.05) is 11.6 Å². The third kappa shape index (κ3) is 7.05. The molecule has 0 saturated heterocycles. The lowest BCUT2D eigenvalue weighted by atomic mass is 10.3. The summed E-state index contributed by atoms with van der Waals surface area (Å²) in [5, 5.41) is 0. The van der Waals surface area contributed by atoms with E-state index in [4.69, 9.17) is 16.3 Å². The average Bonchev–Trinajstić information content (AvgIpc) is 3.10. The van der Waals surface area contributed by atoms with Gasteiger partial charge in [0.05, 0.1) is 15.8 Å². The highest BCUT2D eigenvalue weighted by Gasteiger charge is 2.21. The summed E-state index contributed by atoms with van der Waals surface area (Å²) in [5.41, 5.74) is 0. The molecule has 0 spiro atoms. The Kier molecular flexibility index (Phi) is 8.78. The SMILES string of the molecule is CN(Cc1ccc(Cl)s1)C(=O)COC(=O)CCCN(C)S(=O)(=O)c1ccc(F)cc1. The first-order valence-corrected chi connectivity index (χ1v) is 11.6. The topological polar surface area (TPSA) is 84.0 Å². The quantitative estimate of drug-likeness (QED) is 0.492. The highest BCUT2D eigenvalue weighted by Crippen LogP contribution is 2.22. The molecule has 11 heteroatoms.